The van der Waals surface area contributed by atoms with E-state index in [0.29, 0.717) is 16.9 Å². The molecule has 4 aromatic rings. The first-order chi connectivity index (χ1) is 14.0. The number of anilines is 2. The van der Waals surface area contributed by atoms with Gasteiger partial charge in [0.2, 0.25) is 0 Å². The molecule has 0 aliphatic heterocycles. The van der Waals surface area contributed by atoms with Crippen molar-refractivity contribution in [2.45, 2.75) is 6.54 Å². The number of amides is 1. The van der Waals surface area contributed by atoms with Gasteiger partial charge in [0.05, 0.1) is 29.0 Å². The fourth-order valence-corrected chi connectivity index (χ4v) is 3.31. The number of hydrogen-bond donors (Lipinski definition) is 2. The van der Waals surface area contributed by atoms with Gasteiger partial charge in [-0.05, 0) is 36.4 Å². The molecule has 0 saturated carbocycles. The molecule has 1 amide bonds. The summed E-state index contributed by atoms with van der Waals surface area (Å²) in [5.74, 6) is -1.02. The summed E-state index contributed by atoms with van der Waals surface area (Å²) in [4.78, 5) is 25.0. The zero-order valence-electron chi connectivity index (χ0n) is 15.7. The van der Waals surface area contributed by atoms with E-state index in [2.05, 4.69) is 5.32 Å². The van der Waals surface area contributed by atoms with Crippen LogP contribution >= 0.6 is 0 Å². The first-order valence-corrected chi connectivity index (χ1v) is 9.04. The number of nitrogen functional groups attached to an aromatic ring is 1. The smallest absolute Gasteiger partial charge is 0.329 e. The van der Waals surface area contributed by atoms with Gasteiger partial charge >= 0.3 is 5.69 Å². The van der Waals surface area contributed by atoms with E-state index in [-0.39, 0.29) is 17.8 Å². The Hall–Kier alpha value is -3.87. The number of rotatable bonds is 4. The minimum atomic E-state index is -0.557. The summed E-state index contributed by atoms with van der Waals surface area (Å²) in [5, 5.41) is 2.67. The predicted octanol–water partition coefficient (Wildman–Crippen LogP) is 3.36. The van der Waals surface area contributed by atoms with Gasteiger partial charge in [-0.1, -0.05) is 30.3 Å². The normalized spacial score (nSPS) is 11.0. The van der Waals surface area contributed by atoms with Gasteiger partial charge in [-0.3, -0.25) is 13.9 Å². The zero-order chi connectivity index (χ0) is 20.5. The molecule has 0 bridgehead atoms. The Bertz CT molecular complexity index is 1290. The molecule has 0 unspecified atom stereocenters. The van der Waals surface area contributed by atoms with E-state index < -0.39 is 11.7 Å². The highest BCUT2D eigenvalue weighted by molar-refractivity contribution is 6.05. The van der Waals surface area contributed by atoms with Gasteiger partial charge in [-0.25, -0.2) is 9.18 Å². The first-order valence-electron chi connectivity index (χ1n) is 9.04. The average Bonchev–Trinajstić information content (AvgIpc) is 2.96. The van der Waals surface area contributed by atoms with Crippen molar-refractivity contribution in [3.05, 3.63) is 94.2 Å². The minimum Gasteiger partial charge on any atom is -0.397 e. The maximum absolute atomic E-state index is 14.7. The van der Waals surface area contributed by atoms with Gasteiger partial charge < -0.3 is 11.1 Å². The second kappa shape index (κ2) is 7.27. The van der Waals surface area contributed by atoms with Crippen LogP contribution in [0.5, 0.6) is 0 Å². The summed E-state index contributed by atoms with van der Waals surface area (Å²) in [6, 6.07) is 18.4. The molecule has 3 N–H and O–H groups in total. The second-order valence-electron chi connectivity index (χ2n) is 6.76. The molecule has 1 aromatic heterocycles. The molecule has 4 rings (SSSR count). The fourth-order valence-electron chi connectivity index (χ4n) is 3.31. The van der Waals surface area contributed by atoms with Gasteiger partial charge in [0.1, 0.15) is 5.82 Å². The molecule has 7 heteroatoms. The SMILES string of the molecule is Cn1c(=O)n(Cc2ccc(C(=O)Nc3ccccc3N)cc2F)c2ccccc21. The van der Waals surface area contributed by atoms with Gasteiger partial charge in [0.25, 0.3) is 5.91 Å². The Labute approximate surface area is 166 Å². The number of nitrogens with two attached hydrogens (primary N) is 1. The van der Waals surface area contributed by atoms with Crippen molar-refractivity contribution in [1.82, 2.24) is 9.13 Å². The fraction of sp³-hybridized carbons (Fsp3) is 0.0909. The molecule has 29 heavy (non-hydrogen) atoms. The van der Waals surface area contributed by atoms with Gasteiger partial charge in [0, 0.05) is 18.2 Å². The number of carbonyl (C=O) groups excluding carboxylic acids is 1. The van der Waals surface area contributed by atoms with Gasteiger partial charge in [-0.15, -0.1) is 0 Å². The quantitative estimate of drug-likeness (QED) is 0.524. The lowest BCUT2D eigenvalue weighted by Crippen LogP contribution is -2.23. The van der Waals surface area contributed by atoms with E-state index in [1.807, 2.05) is 24.3 Å². The largest absolute Gasteiger partial charge is 0.397 e. The van der Waals surface area contributed by atoms with Crippen molar-refractivity contribution in [3.63, 3.8) is 0 Å². The highest BCUT2D eigenvalue weighted by Crippen LogP contribution is 2.20. The number of aromatic nitrogens is 2. The van der Waals surface area contributed by atoms with Crippen LogP contribution in [0, 0.1) is 5.82 Å². The number of carbonyl (C=O) groups is 1. The topological polar surface area (TPSA) is 82.0 Å². The lowest BCUT2D eigenvalue weighted by Gasteiger charge is -2.10. The molecule has 1 heterocycles. The Morgan fingerprint density at radius 1 is 1.03 bits per heavy atom. The van der Waals surface area contributed by atoms with Crippen LogP contribution < -0.4 is 16.7 Å². The third-order valence-electron chi connectivity index (χ3n) is 4.90. The van der Waals surface area contributed by atoms with E-state index in [9.17, 15) is 14.0 Å². The summed E-state index contributed by atoms with van der Waals surface area (Å²) in [6.07, 6.45) is 0. The van der Waals surface area contributed by atoms with Crippen molar-refractivity contribution in [2.24, 2.45) is 7.05 Å². The van der Waals surface area contributed by atoms with Crippen LogP contribution in [0.25, 0.3) is 11.0 Å². The number of fused-ring (bicyclic) bond motifs is 1. The lowest BCUT2D eigenvalue weighted by molar-refractivity contribution is 0.102. The summed E-state index contributed by atoms with van der Waals surface area (Å²) in [7, 11) is 1.68. The van der Waals surface area contributed by atoms with Crippen LogP contribution in [0.3, 0.4) is 0 Å². The van der Waals surface area contributed by atoms with Crippen molar-refractivity contribution < 1.29 is 9.18 Å². The number of hydrogen-bond acceptors (Lipinski definition) is 3. The number of nitrogens with zero attached hydrogens (tertiary/aromatic N) is 2. The molecule has 146 valence electrons. The summed E-state index contributed by atoms with van der Waals surface area (Å²) in [5.41, 5.74) is 8.46. The van der Waals surface area contributed by atoms with Crippen molar-refractivity contribution in [2.75, 3.05) is 11.1 Å². The van der Waals surface area contributed by atoms with Crippen molar-refractivity contribution in [1.29, 1.82) is 0 Å². The molecular formula is C22H19FN4O2. The number of imidazole rings is 1. The van der Waals surface area contributed by atoms with Crippen molar-refractivity contribution in [3.8, 4) is 0 Å². The molecule has 3 aromatic carbocycles. The Balaban J connectivity index is 1.62. The molecule has 6 nitrogen and oxygen atoms in total. The Kier molecular flexibility index (Phi) is 4.64. The second-order valence-corrected chi connectivity index (χ2v) is 6.76. The summed E-state index contributed by atoms with van der Waals surface area (Å²) < 4.78 is 17.8. The van der Waals surface area contributed by atoms with E-state index in [1.165, 1.54) is 27.3 Å². The molecular weight excluding hydrogens is 371 g/mol. The highest BCUT2D eigenvalue weighted by Gasteiger charge is 2.15. The minimum absolute atomic E-state index is 0.0690. The van der Waals surface area contributed by atoms with Crippen molar-refractivity contribution >= 4 is 28.3 Å². The first kappa shape index (κ1) is 18.5. The Morgan fingerprint density at radius 3 is 2.45 bits per heavy atom. The van der Waals surface area contributed by atoms with E-state index in [1.54, 1.807) is 31.3 Å². The van der Waals surface area contributed by atoms with Crippen LogP contribution in [0.1, 0.15) is 15.9 Å². The third-order valence-corrected chi connectivity index (χ3v) is 4.90. The molecule has 0 fully saturated rings. The predicted molar refractivity (Wildman–Crippen MR) is 111 cm³/mol. The monoisotopic (exact) mass is 390 g/mol. The van der Waals surface area contributed by atoms with E-state index in [4.69, 9.17) is 5.73 Å². The molecule has 0 spiro atoms. The highest BCUT2D eigenvalue weighted by atomic mass is 19.1. The summed E-state index contributed by atoms with van der Waals surface area (Å²) >= 11 is 0. The Morgan fingerprint density at radius 2 is 1.72 bits per heavy atom. The number of benzene rings is 3. The van der Waals surface area contributed by atoms with Crippen LogP contribution in [-0.2, 0) is 13.6 Å². The number of para-hydroxylation sites is 4. The number of nitrogens with one attached hydrogen (secondary N) is 1. The number of aryl methyl sites for hydroxylation is 1. The molecule has 0 saturated heterocycles. The molecule has 0 atom stereocenters. The maximum atomic E-state index is 14.7. The molecule has 0 aliphatic rings. The number of halogens is 1. The lowest BCUT2D eigenvalue weighted by atomic mass is 10.1. The van der Waals surface area contributed by atoms with Gasteiger partial charge in [-0.2, -0.15) is 0 Å². The van der Waals surface area contributed by atoms with Crippen LogP contribution in [0.2, 0.25) is 0 Å². The standard InChI is InChI=1S/C22H19FN4O2/c1-26-19-8-4-5-9-20(19)27(22(26)29)13-15-11-10-14(12-16(15)23)21(28)25-18-7-3-2-6-17(18)24/h2-12H,13,24H2,1H3,(H,25,28). The van der Waals surface area contributed by atoms with Crippen LogP contribution in [-0.4, -0.2) is 15.0 Å². The summed E-state index contributed by atoms with van der Waals surface area (Å²) in [6.45, 7) is 0.0690. The van der Waals surface area contributed by atoms with Gasteiger partial charge in [0.15, 0.2) is 0 Å². The third kappa shape index (κ3) is 3.38. The van der Waals surface area contributed by atoms with Crippen LogP contribution in [0.15, 0.2) is 71.5 Å². The average molecular weight is 390 g/mol. The maximum Gasteiger partial charge on any atom is 0.329 e. The zero-order valence-corrected chi connectivity index (χ0v) is 15.7. The van der Waals surface area contributed by atoms with E-state index in [0.717, 1.165) is 11.0 Å². The molecule has 0 radical (unpaired) electrons. The molecule has 0 aliphatic carbocycles. The van der Waals surface area contributed by atoms with E-state index >= 15 is 0 Å². The van der Waals surface area contributed by atoms with Crippen LogP contribution in [0.4, 0.5) is 15.8 Å².